The molecule has 0 bridgehead atoms. The van der Waals surface area contributed by atoms with Crippen LogP contribution in [0.25, 0.3) is 11.1 Å². The Morgan fingerprint density at radius 1 is 1.19 bits per heavy atom. The molecular weight excluding hydrogens is 374 g/mol. The van der Waals surface area contributed by atoms with Crippen molar-refractivity contribution in [2.75, 3.05) is 12.0 Å². The second-order valence-corrected chi connectivity index (χ2v) is 8.76. The molecule has 6 nitrogen and oxygen atoms in total. The lowest BCUT2D eigenvalue weighted by Gasteiger charge is -2.28. The van der Waals surface area contributed by atoms with Crippen LogP contribution in [-0.2, 0) is 20.5 Å². The van der Waals surface area contributed by atoms with Crippen LogP contribution < -0.4 is 5.73 Å². The molecule has 138 valence electrons. The van der Waals surface area contributed by atoms with Crippen molar-refractivity contribution in [3.63, 3.8) is 0 Å². The highest BCUT2D eigenvalue weighted by Gasteiger charge is 2.45. The third kappa shape index (κ3) is 2.92. The topological polar surface area (TPSA) is 118 Å². The summed E-state index contributed by atoms with van der Waals surface area (Å²) in [6.45, 7) is 0. The molecular formula is C18H19NO5S2. The van der Waals surface area contributed by atoms with Crippen LogP contribution in [-0.4, -0.2) is 36.1 Å². The van der Waals surface area contributed by atoms with E-state index in [-0.39, 0.29) is 17.5 Å². The van der Waals surface area contributed by atoms with Gasteiger partial charge in [0.15, 0.2) is 0 Å². The van der Waals surface area contributed by atoms with Crippen LogP contribution in [0.2, 0.25) is 0 Å². The maximum atomic E-state index is 12.2. The lowest BCUT2D eigenvalue weighted by Crippen LogP contribution is -2.46. The average molecular weight is 393 g/mol. The Balaban J connectivity index is 2.33. The summed E-state index contributed by atoms with van der Waals surface area (Å²) in [6, 6.07) is 11.8. The van der Waals surface area contributed by atoms with Crippen molar-refractivity contribution in [1.29, 1.82) is 0 Å². The van der Waals surface area contributed by atoms with Gasteiger partial charge in [0.25, 0.3) is 10.1 Å². The van der Waals surface area contributed by atoms with Gasteiger partial charge in [-0.3, -0.25) is 4.55 Å². The van der Waals surface area contributed by atoms with Gasteiger partial charge in [0.05, 0.1) is 0 Å². The molecule has 0 saturated heterocycles. The summed E-state index contributed by atoms with van der Waals surface area (Å²) in [5, 5.41) is 8.46. The Labute approximate surface area is 156 Å². The predicted octanol–water partition coefficient (Wildman–Crippen LogP) is 2.64. The van der Waals surface area contributed by atoms with Crippen molar-refractivity contribution in [2.24, 2.45) is 5.73 Å². The van der Waals surface area contributed by atoms with E-state index >= 15 is 0 Å². The van der Waals surface area contributed by atoms with Crippen LogP contribution in [0.1, 0.15) is 28.4 Å². The van der Waals surface area contributed by atoms with Crippen LogP contribution >= 0.6 is 11.8 Å². The number of hydrogen-bond donors (Lipinski definition) is 3. The summed E-state index contributed by atoms with van der Waals surface area (Å²) < 4.78 is 34.3. The van der Waals surface area contributed by atoms with Gasteiger partial charge in [-0.1, -0.05) is 42.5 Å². The minimum atomic E-state index is -4.51. The van der Waals surface area contributed by atoms with Gasteiger partial charge in [0.1, 0.15) is 10.8 Å². The lowest BCUT2D eigenvalue weighted by molar-refractivity contribution is -0.143. The van der Waals surface area contributed by atoms with E-state index < -0.39 is 26.9 Å². The van der Waals surface area contributed by atoms with Gasteiger partial charge in [0.2, 0.25) is 0 Å². The molecule has 3 rings (SSSR count). The Morgan fingerprint density at radius 2 is 1.85 bits per heavy atom. The molecule has 1 aliphatic rings. The number of nitrogens with two attached hydrogens (primary N) is 1. The number of carboxylic acids is 1. The molecule has 0 saturated carbocycles. The molecule has 0 heterocycles. The Morgan fingerprint density at radius 3 is 2.46 bits per heavy atom. The zero-order chi connectivity index (χ0) is 19.1. The van der Waals surface area contributed by atoms with Crippen molar-refractivity contribution in [3.05, 3.63) is 59.2 Å². The number of hydrogen-bond acceptors (Lipinski definition) is 5. The summed E-state index contributed by atoms with van der Waals surface area (Å²) in [5.74, 6) is -0.735. The third-order valence-corrected chi connectivity index (χ3v) is 6.46. The van der Waals surface area contributed by atoms with Crippen molar-refractivity contribution >= 4 is 27.8 Å². The molecule has 2 aromatic rings. The summed E-state index contributed by atoms with van der Waals surface area (Å²) in [5.41, 5.74) is 6.66. The second kappa shape index (κ2) is 6.70. The molecule has 0 spiro atoms. The van der Waals surface area contributed by atoms with Crippen LogP contribution in [0.3, 0.4) is 0 Å². The number of fused-ring (bicyclic) bond motifs is 3. The van der Waals surface area contributed by atoms with E-state index in [1.54, 1.807) is 36.4 Å². The first kappa shape index (κ1) is 18.9. The number of carboxylic acid groups (broad SMARTS) is 1. The molecule has 2 aromatic carbocycles. The number of thioether (sulfide) groups is 1. The predicted molar refractivity (Wildman–Crippen MR) is 102 cm³/mol. The molecule has 2 unspecified atom stereocenters. The molecule has 0 radical (unpaired) electrons. The first-order valence-electron chi connectivity index (χ1n) is 7.92. The van der Waals surface area contributed by atoms with Crippen molar-refractivity contribution in [2.45, 2.75) is 17.2 Å². The smallest absolute Gasteiger partial charge is 0.328 e. The van der Waals surface area contributed by atoms with Gasteiger partial charge in [0, 0.05) is 0 Å². The standard InChI is InChI=1S/C18H19NO5S2/c1-25-10-9-18(19,17(20)21)14-8-4-7-12-11-5-2-3-6-13(11)16(15(12)14)26(22,23)24/h2-8,16H,9-10,19H2,1H3,(H,20,21)(H,22,23,24). The summed E-state index contributed by atoms with van der Waals surface area (Å²) >= 11 is 1.46. The second-order valence-electron chi connectivity index (χ2n) is 6.27. The molecule has 0 fully saturated rings. The highest BCUT2D eigenvalue weighted by Crippen LogP contribution is 2.50. The summed E-state index contributed by atoms with van der Waals surface area (Å²) in [6.07, 6.45) is 1.98. The average Bonchev–Trinajstić information content (AvgIpc) is 2.94. The normalized spacial score (nSPS) is 18.0. The van der Waals surface area contributed by atoms with E-state index in [4.69, 9.17) is 5.73 Å². The monoisotopic (exact) mass is 393 g/mol. The van der Waals surface area contributed by atoms with Crippen molar-refractivity contribution in [3.8, 4) is 11.1 Å². The Bertz CT molecular complexity index is 973. The zero-order valence-corrected chi connectivity index (χ0v) is 15.7. The maximum Gasteiger partial charge on any atom is 0.328 e. The van der Waals surface area contributed by atoms with E-state index in [9.17, 15) is 22.9 Å². The number of rotatable bonds is 6. The first-order valence-corrected chi connectivity index (χ1v) is 10.8. The van der Waals surface area contributed by atoms with Crippen LogP contribution in [0.15, 0.2) is 42.5 Å². The van der Waals surface area contributed by atoms with Crippen LogP contribution in [0, 0.1) is 0 Å². The maximum absolute atomic E-state index is 12.2. The quantitative estimate of drug-likeness (QED) is 0.646. The molecule has 4 N–H and O–H groups in total. The lowest BCUT2D eigenvalue weighted by atomic mass is 9.83. The largest absolute Gasteiger partial charge is 0.480 e. The van der Waals surface area contributed by atoms with E-state index in [0.717, 1.165) is 0 Å². The number of aliphatic carboxylic acids is 1. The van der Waals surface area contributed by atoms with E-state index in [1.165, 1.54) is 17.8 Å². The Kier molecular flexibility index (Phi) is 4.87. The SMILES string of the molecule is CSCCC(N)(C(=O)O)c1cccc2c1C(S(=O)(=O)O)c1ccccc1-2. The van der Waals surface area contributed by atoms with Gasteiger partial charge >= 0.3 is 5.97 Å². The molecule has 2 atom stereocenters. The van der Waals surface area contributed by atoms with Crippen LogP contribution in [0.5, 0.6) is 0 Å². The highest BCUT2D eigenvalue weighted by atomic mass is 32.2. The molecule has 0 aromatic heterocycles. The molecule has 1 aliphatic carbocycles. The third-order valence-electron chi connectivity index (χ3n) is 4.76. The van der Waals surface area contributed by atoms with Gasteiger partial charge in [-0.25, -0.2) is 4.79 Å². The van der Waals surface area contributed by atoms with E-state index in [1.807, 2.05) is 6.26 Å². The van der Waals surface area contributed by atoms with Gasteiger partial charge in [-0.15, -0.1) is 0 Å². The van der Waals surface area contributed by atoms with Gasteiger partial charge in [-0.05, 0) is 46.2 Å². The fourth-order valence-electron chi connectivity index (χ4n) is 3.53. The van der Waals surface area contributed by atoms with Crippen molar-refractivity contribution in [1.82, 2.24) is 0 Å². The first-order chi connectivity index (χ1) is 12.2. The summed E-state index contributed by atoms with van der Waals surface area (Å²) in [7, 11) is -4.51. The van der Waals surface area contributed by atoms with Gasteiger partial charge < -0.3 is 10.8 Å². The minimum absolute atomic E-state index is 0.133. The Hall–Kier alpha value is -1.87. The van der Waals surface area contributed by atoms with Crippen molar-refractivity contribution < 1.29 is 22.9 Å². The van der Waals surface area contributed by atoms with E-state index in [0.29, 0.717) is 22.4 Å². The molecule has 26 heavy (non-hydrogen) atoms. The molecule has 8 heteroatoms. The zero-order valence-electron chi connectivity index (χ0n) is 14.0. The minimum Gasteiger partial charge on any atom is -0.480 e. The molecule has 0 aliphatic heterocycles. The van der Waals surface area contributed by atoms with Gasteiger partial charge in [-0.2, -0.15) is 20.2 Å². The summed E-state index contributed by atoms with van der Waals surface area (Å²) in [4.78, 5) is 12.0. The molecule has 0 amide bonds. The fourth-order valence-corrected chi connectivity index (χ4v) is 5.13. The van der Waals surface area contributed by atoms with E-state index in [2.05, 4.69) is 0 Å². The van der Waals surface area contributed by atoms with Crippen LogP contribution in [0.4, 0.5) is 0 Å². The highest BCUT2D eigenvalue weighted by molar-refractivity contribution is 7.98. The number of benzene rings is 2. The number of carbonyl (C=O) groups is 1. The fraction of sp³-hybridized carbons (Fsp3) is 0.278.